The van der Waals surface area contributed by atoms with Crippen molar-refractivity contribution < 1.29 is 19.5 Å². The fourth-order valence-electron chi connectivity index (χ4n) is 2.53. The molecule has 23 heavy (non-hydrogen) atoms. The lowest BCUT2D eigenvalue weighted by Crippen LogP contribution is -2.24. The van der Waals surface area contributed by atoms with Gasteiger partial charge in [-0.1, -0.05) is 12.1 Å². The fraction of sp³-hybridized carbons (Fsp3) is 0.0667. The van der Waals surface area contributed by atoms with Crippen LogP contribution in [0, 0.1) is 0 Å². The molecule has 0 radical (unpaired) electrons. The lowest BCUT2D eigenvalue weighted by atomic mass is 10.1. The average molecular weight is 313 g/mol. The van der Waals surface area contributed by atoms with Crippen LogP contribution in [0.4, 0.5) is 5.82 Å². The van der Waals surface area contributed by atoms with Gasteiger partial charge >= 0.3 is 5.97 Å². The van der Waals surface area contributed by atoms with Crippen molar-refractivity contribution in [2.24, 2.45) is 0 Å². The second kappa shape index (κ2) is 5.09. The Morgan fingerprint density at radius 2 is 1.91 bits per heavy atom. The van der Waals surface area contributed by atoms with Crippen molar-refractivity contribution in [1.82, 2.24) is 9.88 Å². The molecule has 2 aromatic rings. The van der Waals surface area contributed by atoms with E-state index in [-0.39, 0.29) is 23.4 Å². The Labute approximate surface area is 129 Å². The van der Waals surface area contributed by atoms with E-state index in [1.807, 2.05) is 0 Å². The van der Waals surface area contributed by atoms with Crippen molar-refractivity contribution in [2.45, 2.75) is 6.42 Å². The molecular weight excluding hydrogens is 302 g/mol. The molecule has 3 rings (SSSR count). The van der Waals surface area contributed by atoms with E-state index in [2.05, 4.69) is 5.32 Å². The van der Waals surface area contributed by atoms with Crippen molar-refractivity contribution >= 4 is 23.6 Å². The van der Waals surface area contributed by atoms with E-state index in [9.17, 15) is 19.2 Å². The summed E-state index contributed by atoms with van der Waals surface area (Å²) >= 11 is 0. The number of carboxylic acids is 1. The monoisotopic (exact) mass is 313 g/mol. The number of hydrogen-bond acceptors (Lipinski definition) is 5. The molecule has 0 aliphatic carbocycles. The van der Waals surface area contributed by atoms with Crippen LogP contribution >= 0.6 is 0 Å². The Morgan fingerprint density at radius 1 is 1.17 bits per heavy atom. The van der Waals surface area contributed by atoms with Crippen LogP contribution in [0.25, 0.3) is 5.69 Å². The number of nitrogens with two attached hydrogens (primary N) is 1. The third kappa shape index (κ3) is 2.35. The number of carboxylic acid groups (broad SMARTS) is 1. The van der Waals surface area contributed by atoms with Gasteiger partial charge in [0.2, 0.25) is 0 Å². The highest BCUT2D eigenvalue weighted by Crippen LogP contribution is 2.23. The number of aliphatic carboxylic acids is 1. The predicted molar refractivity (Wildman–Crippen MR) is 79.6 cm³/mol. The number of rotatable bonds is 3. The SMILES string of the molecule is Nc1c2c(cc(=O)n1-c1cccc(CC(=O)O)c1)C(=O)NC2=O. The molecule has 8 nitrogen and oxygen atoms in total. The molecule has 1 aliphatic heterocycles. The number of nitrogens with one attached hydrogen (secondary N) is 1. The maximum absolute atomic E-state index is 12.3. The molecular formula is C15H11N3O5. The molecule has 0 unspecified atom stereocenters. The molecule has 1 aromatic carbocycles. The van der Waals surface area contributed by atoms with Crippen LogP contribution in [-0.2, 0) is 11.2 Å². The highest BCUT2D eigenvalue weighted by Gasteiger charge is 2.31. The van der Waals surface area contributed by atoms with Crippen molar-refractivity contribution in [3.05, 3.63) is 57.4 Å². The topological polar surface area (TPSA) is 131 Å². The van der Waals surface area contributed by atoms with Crippen LogP contribution < -0.4 is 16.6 Å². The molecule has 0 fully saturated rings. The van der Waals surface area contributed by atoms with Crippen molar-refractivity contribution in [3.63, 3.8) is 0 Å². The molecule has 0 saturated heterocycles. The number of amides is 2. The van der Waals surface area contributed by atoms with Gasteiger partial charge in [-0.15, -0.1) is 0 Å². The second-order valence-electron chi connectivity index (χ2n) is 5.02. The maximum Gasteiger partial charge on any atom is 0.307 e. The summed E-state index contributed by atoms with van der Waals surface area (Å²) in [6.07, 6.45) is -0.216. The molecule has 8 heteroatoms. The smallest absolute Gasteiger partial charge is 0.307 e. The Kier molecular flexibility index (Phi) is 3.21. The molecule has 4 N–H and O–H groups in total. The number of imide groups is 1. The summed E-state index contributed by atoms with van der Waals surface area (Å²) in [6.45, 7) is 0. The van der Waals surface area contributed by atoms with Gasteiger partial charge in [-0.05, 0) is 17.7 Å². The van der Waals surface area contributed by atoms with Gasteiger partial charge in [0.25, 0.3) is 17.4 Å². The predicted octanol–water partition coefficient (Wildman–Crippen LogP) is -0.0696. The Morgan fingerprint density at radius 3 is 2.61 bits per heavy atom. The van der Waals surface area contributed by atoms with E-state index in [0.29, 0.717) is 11.3 Å². The van der Waals surface area contributed by atoms with E-state index < -0.39 is 23.3 Å². The summed E-state index contributed by atoms with van der Waals surface area (Å²) in [5.74, 6) is -2.51. The molecule has 1 aromatic heterocycles. The number of nitrogen functional groups attached to an aromatic ring is 1. The standard InChI is InChI=1S/C15H11N3O5/c16-13-12-9(14(22)17-15(12)23)6-10(19)18(13)8-3-1-2-7(4-8)5-11(20)21/h1-4,6H,5,16H2,(H,20,21)(H,17,22,23). The van der Waals surface area contributed by atoms with Crippen LogP contribution in [0.5, 0.6) is 0 Å². The minimum absolute atomic E-state index is 0.0572. The molecule has 2 amide bonds. The zero-order valence-electron chi connectivity index (χ0n) is 11.7. The first-order chi connectivity index (χ1) is 10.9. The molecule has 2 heterocycles. The molecule has 0 bridgehead atoms. The number of fused-ring (bicyclic) bond motifs is 1. The number of carbonyl (C=O) groups excluding carboxylic acids is 2. The fourth-order valence-corrected chi connectivity index (χ4v) is 2.53. The molecule has 116 valence electrons. The Balaban J connectivity index is 2.21. The highest BCUT2D eigenvalue weighted by molar-refractivity contribution is 6.23. The lowest BCUT2D eigenvalue weighted by Gasteiger charge is -2.12. The minimum atomic E-state index is -1.01. The van der Waals surface area contributed by atoms with Gasteiger partial charge < -0.3 is 10.8 Å². The van der Waals surface area contributed by atoms with E-state index in [0.717, 1.165) is 10.6 Å². The van der Waals surface area contributed by atoms with Crippen molar-refractivity contribution in [2.75, 3.05) is 5.73 Å². The highest BCUT2D eigenvalue weighted by atomic mass is 16.4. The van der Waals surface area contributed by atoms with Crippen molar-refractivity contribution in [3.8, 4) is 5.69 Å². The summed E-state index contributed by atoms with van der Waals surface area (Å²) in [5.41, 5.74) is 6.00. The van der Waals surface area contributed by atoms with Gasteiger partial charge in [-0.3, -0.25) is 29.1 Å². The quantitative estimate of drug-likeness (QED) is 0.680. The molecule has 0 spiro atoms. The number of anilines is 1. The van der Waals surface area contributed by atoms with E-state index in [1.54, 1.807) is 18.2 Å². The van der Waals surface area contributed by atoms with Gasteiger partial charge in [-0.2, -0.15) is 0 Å². The van der Waals surface area contributed by atoms with Gasteiger partial charge in [0.05, 0.1) is 23.2 Å². The maximum atomic E-state index is 12.3. The number of nitrogens with zero attached hydrogens (tertiary/aromatic N) is 1. The average Bonchev–Trinajstić information content (AvgIpc) is 2.73. The van der Waals surface area contributed by atoms with E-state index >= 15 is 0 Å². The number of carbonyl (C=O) groups is 3. The van der Waals surface area contributed by atoms with E-state index in [4.69, 9.17) is 10.8 Å². The minimum Gasteiger partial charge on any atom is -0.481 e. The second-order valence-corrected chi connectivity index (χ2v) is 5.02. The third-order valence-electron chi connectivity index (χ3n) is 3.48. The number of benzene rings is 1. The first kappa shape index (κ1) is 14.5. The number of hydrogen-bond donors (Lipinski definition) is 3. The van der Waals surface area contributed by atoms with Crippen LogP contribution in [-0.4, -0.2) is 27.5 Å². The zero-order valence-corrected chi connectivity index (χ0v) is 11.7. The summed E-state index contributed by atoms with van der Waals surface area (Å²) in [4.78, 5) is 46.5. The molecule has 0 atom stereocenters. The van der Waals surface area contributed by atoms with Crippen LogP contribution in [0.2, 0.25) is 0 Å². The van der Waals surface area contributed by atoms with Gasteiger partial charge in [-0.25, -0.2) is 0 Å². The van der Waals surface area contributed by atoms with Gasteiger partial charge in [0, 0.05) is 6.07 Å². The van der Waals surface area contributed by atoms with Crippen LogP contribution in [0.15, 0.2) is 35.1 Å². The van der Waals surface area contributed by atoms with Gasteiger partial charge in [0.1, 0.15) is 5.82 Å². The first-order valence-electron chi connectivity index (χ1n) is 6.61. The summed E-state index contributed by atoms with van der Waals surface area (Å²) in [5, 5.41) is 10.9. The lowest BCUT2D eigenvalue weighted by molar-refractivity contribution is -0.136. The summed E-state index contributed by atoms with van der Waals surface area (Å²) < 4.78 is 1.07. The number of aromatic nitrogens is 1. The molecule has 1 aliphatic rings. The van der Waals surface area contributed by atoms with Crippen molar-refractivity contribution in [1.29, 1.82) is 0 Å². The number of pyridine rings is 1. The largest absolute Gasteiger partial charge is 0.481 e. The first-order valence-corrected chi connectivity index (χ1v) is 6.61. The Hall–Kier alpha value is -3.42. The summed E-state index contributed by atoms with van der Waals surface area (Å²) in [6, 6.07) is 7.27. The third-order valence-corrected chi connectivity index (χ3v) is 3.48. The zero-order chi connectivity index (χ0) is 16.7. The summed E-state index contributed by atoms with van der Waals surface area (Å²) in [7, 11) is 0. The normalized spacial score (nSPS) is 12.9. The Bertz CT molecular complexity index is 929. The van der Waals surface area contributed by atoms with Crippen LogP contribution in [0.3, 0.4) is 0 Å². The van der Waals surface area contributed by atoms with Gasteiger partial charge in [0.15, 0.2) is 0 Å². The van der Waals surface area contributed by atoms with Crippen LogP contribution in [0.1, 0.15) is 26.3 Å². The van der Waals surface area contributed by atoms with E-state index in [1.165, 1.54) is 6.07 Å². The molecule has 0 saturated carbocycles.